The zero-order valence-corrected chi connectivity index (χ0v) is 8.68. The van der Waals surface area contributed by atoms with Crippen LogP contribution in [0, 0.1) is 11.3 Å². The van der Waals surface area contributed by atoms with E-state index in [0.29, 0.717) is 22.1 Å². The van der Waals surface area contributed by atoms with Gasteiger partial charge >= 0.3 is 0 Å². The molecule has 0 radical (unpaired) electrons. The normalized spacial score (nSPS) is 11.1. The van der Waals surface area contributed by atoms with Crippen LogP contribution in [0.3, 0.4) is 0 Å². The standard InChI is InChI=1S/C9H7Cl2N3/c10-4-9(13)14-7-2-1-6(5-12)8(11)3-7/h1-3H,4H2,(H2,13,14). The maximum absolute atomic E-state index is 8.62. The molecule has 0 fully saturated rings. The van der Waals surface area contributed by atoms with Gasteiger partial charge in [0, 0.05) is 0 Å². The average Bonchev–Trinajstić information content (AvgIpc) is 2.18. The molecule has 3 nitrogen and oxygen atoms in total. The number of nitrogens with zero attached hydrogens (tertiary/aromatic N) is 2. The van der Waals surface area contributed by atoms with E-state index >= 15 is 0 Å². The smallest absolute Gasteiger partial charge is 0.115 e. The first-order valence-corrected chi connectivity index (χ1v) is 4.67. The predicted molar refractivity (Wildman–Crippen MR) is 58.2 cm³/mol. The lowest BCUT2D eigenvalue weighted by atomic mass is 10.2. The Morgan fingerprint density at radius 2 is 2.29 bits per heavy atom. The summed E-state index contributed by atoms with van der Waals surface area (Å²) >= 11 is 11.2. The van der Waals surface area contributed by atoms with E-state index in [9.17, 15) is 0 Å². The second kappa shape index (κ2) is 4.85. The molecule has 0 atom stereocenters. The maximum atomic E-state index is 8.62. The lowest BCUT2D eigenvalue weighted by Crippen LogP contribution is -2.12. The number of hydrogen-bond acceptors (Lipinski definition) is 2. The summed E-state index contributed by atoms with van der Waals surface area (Å²) in [5, 5.41) is 8.98. The highest BCUT2D eigenvalue weighted by Gasteiger charge is 2.00. The van der Waals surface area contributed by atoms with E-state index in [0.717, 1.165) is 0 Å². The number of amidine groups is 1. The van der Waals surface area contributed by atoms with Crippen LogP contribution in [0.2, 0.25) is 5.02 Å². The van der Waals surface area contributed by atoms with E-state index in [1.807, 2.05) is 6.07 Å². The minimum absolute atomic E-state index is 0.164. The minimum atomic E-state index is 0.164. The van der Waals surface area contributed by atoms with Gasteiger partial charge in [-0.2, -0.15) is 5.26 Å². The summed E-state index contributed by atoms with van der Waals surface area (Å²) < 4.78 is 0. The lowest BCUT2D eigenvalue weighted by Gasteiger charge is -1.98. The quantitative estimate of drug-likeness (QED) is 0.480. The highest BCUT2D eigenvalue weighted by molar-refractivity contribution is 6.32. The van der Waals surface area contributed by atoms with Crippen molar-refractivity contribution in [1.82, 2.24) is 0 Å². The Labute approximate surface area is 91.8 Å². The predicted octanol–water partition coefficient (Wildman–Crippen LogP) is 2.44. The zero-order chi connectivity index (χ0) is 10.6. The summed E-state index contributed by atoms with van der Waals surface area (Å²) in [5.41, 5.74) is 6.44. The van der Waals surface area contributed by atoms with Gasteiger partial charge in [0.2, 0.25) is 0 Å². The second-order valence-corrected chi connectivity index (χ2v) is 3.19. The van der Waals surface area contributed by atoms with Crippen LogP contribution in [0.15, 0.2) is 23.2 Å². The molecule has 14 heavy (non-hydrogen) atoms. The average molecular weight is 228 g/mol. The molecular weight excluding hydrogens is 221 g/mol. The molecule has 0 aliphatic heterocycles. The van der Waals surface area contributed by atoms with Crippen molar-refractivity contribution >= 4 is 34.7 Å². The van der Waals surface area contributed by atoms with Gasteiger partial charge in [-0.25, -0.2) is 4.99 Å². The number of nitrogens with two attached hydrogens (primary N) is 1. The van der Waals surface area contributed by atoms with Crippen molar-refractivity contribution in [3.8, 4) is 6.07 Å². The molecule has 0 aliphatic rings. The Balaban J connectivity index is 3.05. The summed E-state index contributed by atoms with van der Waals surface area (Å²) in [6.07, 6.45) is 0. The van der Waals surface area contributed by atoms with E-state index in [4.69, 9.17) is 34.2 Å². The number of nitriles is 1. The molecule has 0 aliphatic carbocycles. The first-order valence-electron chi connectivity index (χ1n) is 3.76. The van der Waals surface area contributed by atoms with E-state index in [-0.39, 0.29) is 5.88 Å². The van der Waals surface area contributed by atoms with Gasteiger partial charge < -0.3 is 5.73 Å². The topological polar surface area (TPSA) is 62.2 Å². The molecule has 0 saturated carbocycles. The lowest BCUT2D eigenvalue weighted by molar-refractivity contribution is 1.43. The summed E-state index contributed by atoms with van der Waals surface area (Å²) in [6.45, 7) is 0. The molecule has 0 spiro atoms. The molecule has 5 heteroatoms. The summed E-state index contributed by atoms with van der Waals surface area (Å²) in [7, 11) is 0. The van der Waals surface area contributed by atoms with Crippen LogP contribution in [0.1, 0.15) is 5.56 Å². The Hall–Kier alpha value is -1.24. The van der Waals surface area contributed by atoms with Crippen molar-refractivity contribution in [2.75, 3.05) is 5.88 Å². The van der Waals surface area contributed by atoms with Gasteiger partial charge in [0.25, 0.3) is 0 Å². The number of halogens is 2. The van der Waals surface area contributed by atoms with Crippen molar-refractivity contribution in [1.29, 1.82) is 5.26 Å². The van der Waals surface area contributed by atoms with Crippen molar-refractivity contribution in [3.63, 3.8) is 0 Å². The fourth-order valence-corrected chi connectivity index (χ4v) is 1.14. The fourth-order valence-electron chi connectivity index (χ4n) is 0.860. The Kier molecular flexibility index (Phi) is 3.75. The second-order valence-electron chi connectivity index (χ2n) is 2.51. The zero-order valence-electron chi connectivity index (χ0n) is 7.17. The molecule has 0 unspecified atom stereocenters. The summed E-state index contributed by atoms with van der Waals surface area (Å²) in [6, 6.07) is 6.76. The Morgan fingerprint density at radius 1 is 1.57 bits per heavy atom. The number of hydrogen-bond donors (Lipinski definition) is 1. The van der Waals surface area contributed by atoms with Gasteiger partial charge in [0.05, 0.1) is 22.2 Å². The molecule has 1 rings (SSSR count). The van der Waals surface area contributed by atoms with Crippen molar-refractivity contribution < 1.29 is 0 Å². The molecule has 0 heterocycles. The summed E-state index contributed by atoms with van der Waals surface area (Å²) in [4.78, 5) is 3.98. The third-order valence-electron chi connectivity index (χ3n) is 1.48. The van der Waals surface area contributed by atoms with Crippen LogP contribution in [0.25, 0.3) is 0 Å². The van der Waals surface area contributed by atoms with Gasteiger partial charge in [-0.15, -0.1) is 11.6 Å². The van der Waals surface area contributed by atoms with Gasteiger partial charge in [0.15, 0.2) is 0 Å². The van der Waals surface area contributed by atoms with E-state index < -0.39 is 0 Å². The van der Waals surface area contributed by atoms with Gasteiger partial charge in [-0.1, -0.05) is 11.6 Å². The van der Waals surface area contributed by atoms with Crippen LogP contribution in [-0.2, 0) is 0 Å². The largest absolute Gasteiger partial charge is 0.386 e. The van der Waals surface area contributed by atoms with E-state index in [1.165, 1.54) is 0 Å². The SMILES string of the molecule is N#Cc1ccc(N=C(N)CCl)cc1Cl. The molecule has 0 amide bonds. The number of benzene rings is 1. The van der Waals surface area contributed by atoms with Gasteiger partial charge in [0.1, 0.15) is 11.9 Å². The molecule has 0 aromatic heterocycles. The number of alkyl halides is 1. The van der Waals surface area contributed by atoms with Crippen molar-refractivity contribution in [3.05, 3.63) is 28.8 Å². The van der Waals surface area contributed by atoms with Gasteiger partial charge in [-0.05, 0) is 18.2 Å². The first kappa shape index (κ1) is 10.8. The fraction of sp³-hybridized carbons (Fsp3) is 0.111. The highest BCUT2D eigenvalue weighted by atomic mass is 35.5. The van der Waals surface area contributed by atoms with E-state index in [1.54, 1.807) is 18.2 Å². The van der Waals surface area contributed by atoms with Crippen LogP contribution in [-0.4, -0.2) is 11.7 Å². The first-order chi connectivity index (χ1) is 6.67. The minimum Gasteiger partial charge on any atom is -0.386 e. The molecule has 2 N–H and O–H groups in total. The van der Waals surface area contributed by atoms with E-state index in [2.05, 4.69) is 4.99 Å². The molecule has 0 bridgehead atoms. The van der Waals surface area contributed by atoms with Crippen LogP contribution >= 0.6 is 23.2 Å². The Morgan fingerprint density at radius 3 is 2.79 bits per heavy atom. The molecule has 1 aromatic rings. The third kappa shape index (κ3) is 2.63. The number of rotatable bonds is 2. The molecular formula is C9H7Cl2N3. The maximum Gasteiger partial charge on any atom is 0.115 e. The third-order valence-corrected chi connectivity index (χ3v) is 2.07. The molecule has 72 valence electrons. The molecule has 0 saturated heterocycles. The monoisotopic (exact) mass is 227 g/mol. The summed E-state index contributed by atoms with van der Waals surface area (Å²) in [5.74, 6) is 0.477. The van der Waals surface area contributed by atoms with Crippen LogP contribution in [0.5, 0.6) is 0 Å². The highest BCUT2D eigenvalue weighted by Crippen LogP contribution is 2.22. The molecule has 1 aromatic carbocycles. The Bertz CT molecular complexity index is 407. The van der Waals surface area contributed by atoms with Crippen LogP contribution in [0.4, 0.5) is 5.69 Å². The van der Waals surface area contributed by atoms with Gasteiger partial charge in [-0.3, -0.25) is 0 Å². The van der Waals surface area contributed by atoms with Crippen molar-refractivity contribution in [2.24, 2.45) is 10.7 Å². The van der Waals surface area contributed by atoms with Crippen LogP contribution < -0.4 is 5.73 Å². The van der Waals surface area contributed by atoms with Crippen molar-refractivity contribution in [2.45, 2.75) is 0 Å². The number of aliphatic imine (C=N–C) groups is 1.